The Hall–Kier alpha value is -5.86. The zero-order valence-electron chi connectivity index (χ0n) is 31.5. The Bertz CT molecular complexity index is 2400. The molecular formula is C43H44FN9O3S. The molecule has 292 valence electrons. The third-order valence-corrected chi connectivity index (χ3v) is 12.2. The number of anilines is 2. The van der Waals surface area contributed by atoms with Gasteiger partial charge in [-0.1, -0.05) is 42.5 Å². The molecule has 5 aromatic rings. The molecule has 2 saturated heterocycles. The average Bonchev–Trinajstić information content (AvgIpc) is 4.03. The van der Waals surface area contributed by atoms with E-state index in [1.807, 2.05) is 65.6 Å². The van der Waals surface area contributed by atoms with Crippen molar-refractivity contribution in [3.8, 4) is 11.1 Å². The minimum Gasteiger partial charge on any atom is -0.389 e. The zero-order valence-corrected chi connectivity index (χ0v) is 32.3. The van der Waals surface area contributed by atoms with Crippen molar-refractivity contribution in [1.29, 1.82) is 0 Å². The van der Waals surface area contributed by atoms with Crippen molar-refractivity contribution in [2.45, 2.75) is 50.3 Å². The number of amides is 2. The van der Waals surface area contributed by atoms with E-state index >= 15 is 4.39 Å². The maximum atomic E-state index is 15.8. The Balaban J connectivity index is 0.843. The van der Waals surface area contributed by atoms with Gasteiger partial charge >= 0.3 is 0 Å². The van der Waals surface area contributed by atoms with Crippen LogP contribution in [0.15, 0.2) is 109 Å². The first kappa shape index (κ1) is 36.8. The van der Waals surface area contributed by atoms with Gasteiger partial charge in [0.2, 0.25) is 5.91 Å². The minimum absolute atomic E-state index is 0.000704. The number of nitrogens with zero attached hydrogens (tertiary/aromatic N) is 8. The number of allylic oxidation sites excluding steroid dienone is 7. The van der Waals surface area contributed by atoms with E-state index in [9.17, 15) is 14.7 Å². The van der Waals surface area contributed by atoms with Gasteiger partial charge in [-0.05, 0) is 73.2 Å². The van der Waals surface area contributed by atoms with E-state index in [0.29, 0.717) is 79.4 Å². The lowest BCUT2D eigenvalue weighted by molar-refractivity contribution is -0.138. The summed E-state index contributed by atoms with van der Waals surface area (Å²) in [6, 6.07) is 10.4. The molecule has 3 aliphatic heterocycles. The van der Waals surface area contributed by atoms with Crippen LogP contribution in [-0.4, -0.2) is 95.9 Å². The van der Waals surface area contributed by atoms with Gasteiger partial charge < -0.3 is 24.4 Å². The van der Waals surface area contributed by atoms with Gasteiger partial charge in [-0.15, -0.1) is 11.3 Å². The summed E-state index contributed by atoms with van der Waals surface area (Å²) < 4.78 is 19.4. The van der Waals surface area contributed by atoms with E-state index in [-0.39, 0.29) is 18.2 Å². The highest BCUT2D eigenvalue weighted by Gasteiger charge is 2.37. The highest BCUT2D eigenvalue weighted by atomic mass is 32.1. The summed E-state index contributed by atoms with van der Waals surface area (Å²) in [6.45, 7) is 4.75. The molecule has 0 saturated carbocycles. The van der Waals surface area contributed by atoms with Crippen molar-refractivity contribution in [1.82, 2.24) is 34.1 Å². The SMILES string of the molecule is O=C(Nc1nccs1)C(c1ncn2c1CCC2)n1cc2c(F)cc(-c3ccc(N4CCN(C(=O)CC5(O)CCN(C6=C/C=C\C=C/C=C6)CC5)CC4)cc3)cc2n1. The molecule has 0 spiro atoms. The zero-order chi connectivity index (χ0) is 38.9. The van der Waals surface area contributed by atoms with E-state index in [2.05, 4.69) is 41.8 Å². The molecule has 9 rings (SSSR count). The first-order chi connectivity index (χ1) is 27.8. The Morgan fingerprint density at radius 3 is 2.49 bits per heavy atom. The summed E-state index contributed by atoms with van der Waals surface area (Å²) in [5.74, 6) is -0.768. The maximum Gasteiger partial charge on any atom is 0.257 e. The van der Waals surface area contributed by atoms with Gasteiger partial charge in [0.25, 0.3) is 5.91 Å². The number of nitrogens with one attached hydrogen (secondary N) is 1. The monoisotopic (exact) mass is 785 g/mol. The number of benzene rings is 2. The van der Waals surface area contributed by atoms with Crippen molar-refractivity contribution in [2.75, 3.05) is 49.5 Å². The number of carbonyl (C=O) groups excluding carboxylic acids is 2. The molecule has 0 radical (unpaired) electrons. The first-order valence-corrected chi connectivity index (χ1v) is 20.4. The standard InChI is InChI=1S/C43H44FN9O3S/c44-35-25-31(26-36-34(35)28-53(48-36)40(41(55)47-42-45-16-24-57-42)39-37-9-6-17-52(37)29-46-39)30-10-12-33(13-11-30)50-20-22-51(23-21-50)38(54)27-43(56)14-18-49(19-15-43)32-7-4-2-1-3-5-8-32/h1-5,7-8,10-13,16,24-26,28-29,40,56H,6,9,14-15,17-23,27H2,(H,45,47,55)/b2-1-,3-1?,4-2?,5-3-,7-4?,8-5?,32-7?,32-8?. The minimum atomic E-state index is -0.999. The average molecular weight is 786 g/mol. The summed E-state index contributed by atoms with van der Waals surface area (Å²) in [4.78, 5) is 42.3. The number of fused-ring (bicyclic) bond motifs is 2. The van der Waals surface area contributed by atoms with Crippen molar-refractivity contribution < 1.29 is 19.1 Å². The smallest absolute Gasteiger partial charge is 0.257 e. The summed E-state index contributed by atoms with van der Waals surface area (Å²) in [5, 5.41) is 21.6. The molecular weight excluding hydrogens is 742 g/mol. The van der Waals surface area contributed by atoms with E-state index in [4.69, 9.17) is 5.10 Å². The lowest BCUT2D eigenvalue weighted by atomic mass is 9.87. The fourth-order valence-electron chi connectivity index (χ4n) is 8.36. The van der Waals surface area contributed by atoms with Crippen LogP contribution in [0.4, 0.5) is 15.2 Å². The van der Waals surface area contributed by atoms with Gasteiger partial charge in [-0.25, -0.2) is 14.4 Å². The van der Waals surface area contributed by atoms with Crippen LogP contribution in [-0.2, 0) is 22.6 Å². The van der Waals surface area contributed by atoms with Crippen molar-refractivity contribution in [2.24, 2.45) is 0 Å². The number of likely N-dealkylation sites (tertiary alicyclic amines) is 1. The number of thiazole rings is 1. The van der Waals surface area contributed by atoms with Gasteiger partial charge in [-0.3, -0.25) is 19.6 Å². The molecule has 14 heteroatoms. The number of aryl methyl sites for hydroxylation is 1. The second-order valence-corrected chi connectivity index (χ2v) is 16.0. The first-order valence-electron chi connectivity index (χ1n) is 19.6. The number of rotatable bonds is 9. The van der Waals surface area contributed by atoms with Crippen LogP contribution in [0.2, 0.25) is 0 Å². The quantitative estimate of drug-likeness (QED) is 0.184. The Labute approximate surface area is 333 Å². The highest BCUT2D eigenvalue weighted by molar-refractivity contribution is 7.13. The van der Waals surface area contributed by atoms with Crippen molar-refractivity contribution in [3.05, 3.63) is 126 Å². The van der Waals surface area contributed by atoms with Crippen molar-refractivity contribution >= 4 is 44.9 Å². The summed E-state index contributed by atoms with van der Waals surface area (Å²) in [5.41, 5.74) is 4.68. The molecule has 2 amide bonds. The number of aliphatic hydroxyl groups is 1. The largest absolute Gasteiger partial charge is 0.389 e. The fraction of sp³-hybridized carbons (Fsp3) is 0.326. The molecule has 3 aromatic heterocycles. The highest BCUT2D eigenvalue weighted by Crippen LogP contribution is 2.33. The summed E-state index contributed by atoms with van der Waals surface area (Å²) in [7, 11) is 0. The van der Waals surface area contributed by atoms with Gasteiger partial charge in [0, 0.05) is 80.7 Å². The van der Waals surface area contributed by atoms with E-state index < -0.39 is 17.5 Å². The molecule has 2 fully saturated rings. The van der Waals surface area contributed by atoms with Crippen LogP contribution in [0.3, 0.4) is 0 Å². The second-order valence-electron chi connectivity index (χ2n) is 15.1. The Morgan fingerprint density at radius 2 is 1.70 bits per heavy atom. The maximum absolute atomic E-state index is 15.8. The number of imidazole rings is 1. The van der Waals surface area contributed by atoms with Crippen molar-refractivity contribution in [3.63, 3.8) is 0 Å². The molecule has 12 nitrogen and oxygen atoms in total. The van der Waals surface area contributed by atoms with Gasteiger partial charge in [-0.2, -0.15) is 5.10 Å². The molecule has 0 bridgehead atoms. The normalized spacial score (nSPS) is 19.5. The molecule has 6 heterocycles. The lowest BCUT2D eigenvalue weighted by Gasteiger charge is -2.41. The van der Waals surface area contributed by atoms with E-state index in [1.54, 1.807) is 24.1 Å². The summed E-state index contributed by atoms with van der Waals surface area (Å²) >= 11 is 1.32. The number of halogens is 1. The molecule has 2 N–H and O–H groups in total. The van der Waals surface area contributed by atoms with Gasteiger partial charge in [0.1, 0.15) is 5.82 Å². The number of piperidine rings is 1. The Kier molecular flexibility index (Phi) is 10.1. The predicted molar refractivity (Wildman–Crippen MR) is 219 cm³/mol. The molecule has 2 aromatic carbocycles. The lowest BCUT2D eigenvalue weighted by Crippen LogP contribution is -2.52. The number of hydrogen-bond donors (Lipinski definition) is 2. The predicted octanol–water partition coefficient (Wildman–Crippen LogP) is 6.10. The number of aromatic nitrogens is 5. The number of hydrogen-bond acceptors (Lipinski definition) is 9. The molecule has 4 aliphatic rings. The fourth-order valence-corrected chi connectivity index (χ4v) is 8.89. The number of carbonyl (C=O) groups is 2. The molecule has 1 unspecified atom stereocenters. The third kappa shape index (κ3) is 7.66. The molecule has 57 heavy (non-hydrogen) atoms. The van der Waals surface area contributed by atoms with Crippen LogP contribution in [0.1, 0.15) is 43.1 Å². The van der Waals surface area contributed by atoms with Crippen LogP contribution in [0.5, 0.6) is 0 Å². The number of piperazine rings is 1. The Morgan fingerprint density at radius 1 is 0.912 bits per heavy atom. The van der Waals surface area contributed by atoms with Crippen LogP contribution in [0.25, 0.3) is 22.0 Å². The summed E-state index contributed by atoms with van der Waals surface area (Å²) in [6.07, 6.45) is 22.2. The molecule has 1 aliphatic carbocycles. The van der Waals surface area contributed by atoms with Gasteiger partial charge in [0.15, 0.2) is 11.2 Å². The van der Waals surface area contributed by atoms with Crippen LogP contribution >= 0.6 is 11.3 Å². The molecule has 1 atom stereocenters. The third-order valence-electron chi connectivity index (χ3n) is 11.5. The van der Waals surface area contributed by atoms with E-state index in [0.717, 1.165) is 42.0 Å². The van der Waals surface area contributed by atoms with Crippen LogP contribution < -0.4 is 10.2 Å². The van der Waals surface area contributed by atoms with Gasteiger partial charge in [0.05, 0.1) is 34.9 Å². The van der Waals surface area contributed by atoms with Crippen LogP contribution in [0, 0.1) is 5.82 Å². The van der Waals surface area contributed by atoms with E-state index in [1.165, 1.54) is 22.1 Å². The topological polar surface area (TPSA) is 125 Å². The second kappa shape index (κ2) is 15.6.